The normalized spacial score (nSPS) is 16.3. The molecule has 1 aromatic heterocycles. The van der Waals surface area contributed by atoms with Gasteiger partial charge in [0.05, 0.1) is 30.3 Å². The van der Waals surface area contributed by atoms with Gasteiger partial charge in [-0.25, -0.2) is 9.07 Å². The number of likely N-dealkylation sites (tertiary alicyclic amines) is 1. The molecule has 0 spiro atoms. The fourth-order valence-electron chi connectivity index (χ4n) is 4.13. The number of ether oxygens (including phenoxy) is 1. The maximum Gasteiger partial charge on any atom is 0.257 e. The molecule has 0 aliphatic carbocycles. The van der Waals surface area contributed by atoms with Gasteiger partial charge in [0.1, 0.15) is 11.6 Å². The number of aromatic nitrogens is 2. The van der Waals surface area contributed by atoms with Crippen LogP contribution in [0.3, 0.4) is 0 Å². The van der Waals surface area contributed by atoms with Crippen LogP contribution in [0.25, 0.3) is 5.69 Å². The number of hydrogen-bond donors (Lipinski definition) is 0. The zero-order valence-electron chi connectivity index (χ0n) is 17.5. The minimum Gasteiger partial charge on any atom is -0.497 e. The third-order valence-corrected chi connectivity index (χ3v) is 5.72. The van der Waals surface area contributed by atoms with E-state index >= 15 is 0 Å². The van der Waals surface area contributed by atoms with Crippen LogP contribution in [0.15, 0.2) is 54.7 Å². The Balaban J connectivity index is 1.56. The van der Waals surface area contributed by atoms with Crippen LogP contribution in [0, 0.1) is 5.82 Å². The highest BCUT2D eigenvalue weighted by atomic mass is 19.1. The van der Waals surface area contributed by atoms with E-state index in [9.17, 15) is 9.18 Å². The predicted molar refractivity (Wildman–Crippen MR) is 114 cm³/mol. The van der Waals surface area contributed by atoms with E-state index in [-0.39, 0.29) is 17.6 Å². The van der Waals surface area contributed by atoms with Crippen molar-refractivity contribution in [3.63, 3.8) is 0 Å². The van der Waals surface area contributed by atoms with Crippen LogP contribution < -0.4 is 4.74 Å². The first-order valence-corrected chi connectivity index (χ1v) is 10.2. The Hall–Kier alpha value is -3.15. The van der Waals surface area contributed by atoms with E-state index < -0.39 is 0 Å². The lowest BCUT2D eigenvalue weighted by atomic mass is 9.98. The molecule has 2 aromatic carbocycles. The summed E-state index contributed by atoms with van der Waals surface area (Å²) in [5, 5.41) is 4.46. The first-order chi connectivity index (χ1) is 14.5. The minimum atomic E-state index is -0.296. The van der Waals surface area contributed by atoms with E-state index in [4.69, 9.17) is 4.74 Å². The smallest absolute Gasteiger partial charge is 0.257 e. The average molecular weight is 407 g/mol. The fraction of sp³-hybridized carbons (Fsp3) is 0.333. The first-order valence-electron chi connectivity index (χ1n) is 10.2. The Bertz CT molecular complexity index is 1030. The average Bonchev–Trinajstić information content (AvgIpc) is 3.42. The molecule has 1 atom stereocenters. The summed E-state index contributed by atoms with van der Waals surface area (Å²) in [6.45, 7) is 5.48. The molecule has 0 radical (unpaired) electrons. The van der Waals surface area contributed by atoms with Gasteiger partial charge in [-0.2, -0.15) is 5.10 Å². The summed E-state index contributed by atoms with van der Waals surface area (Å²) in [5.41, 5.74) is 3.43. The van der Waals surface area contributed by atoms with Gasteiger partial charge in [0.2, 0.25) is 0 Å². The van der Waals surface area contributed by atoms with E-state index in [1.807, 2.05) is 30.9 Å². The van der Waals surface area contributed by atoms with Crippen molar-refractivity contribution in [1.29, 1.82) is 0 Å². The van der Waals surface area contributed by atoms with Crippen molar-refractivity contribution in [2.24, 2.45) is 0 Å². The molecule has 1 saturated heterocycles. The Labute approximate surface area is 176 Å². The van der Waals surface area contributed by atoms with Gasteiger partial charge in [-0.05, 0) is 54.3 Å². The number of hydrogen-bond acceptors (Lipinski definition) is 3. The van der Waals surface area contributed by atoms with Crippen LogP contribution in [0.4, 0.5) is 4.39 Å². The summed E-state index contributed by atoms with van der Waals surface area (Å²) >= 11 is 0. The van der Waals surface area contributed by atoms with E-state index in [1.54, 1.807) is 30.1 Å². The van der Waals surface area contributed by atoms with Gasteiger partial charge in [-0.15, -0.1) is 0 Å². The molecule has 30 heavy (non-hydrogen) atoms. The second kappa shape index (κ2) is 8.30. The predicted octanol–water partition coefficient (Wildman–Crippen LogP) is 4.77. The zero-order chi connectivity index (χ0) is 21.3. The maximum atomic E-state index is 13.3. The Kier molecular flexibility index (Phi) is 5.57. The van der Waals surface area contributed by atoms with Crippen molar-refractivity contribution in [3.05, 3.63) is 77.4 Å². The van der Waals surface area contributed by atoms with Gasteiger partial charge in [0.15, 0.2) is 0 Å². The highest BCUT2D eigenvalue weighted by Crippen LogP contribution is 2.31. The largest absolute Gasteiger partial charge is 0.497 e. The molecule has 1 aliphatic heterocycles. The molecule has 0 bridgehead atoms. The van der Waals surface area contributed by atoms with Crippen molar-refractivity contribution in [2.75, 3.05) is 20.2 Å². The van der Waals surface area contributed by atoms with E-state index in [2.05, 4.69) is 17.2 Å². The molecule has 1 amide bonds. The molecule has 156 valence electrons. The molecule has 0 N–H and O–H groups in total. The molecular formula is C24H26FN3O2. The Morgan fingerprint density at radius 1 is 1.13 bits per heavy atom. The summed E-state index contributed by atoms with van der Waals surface area (Å²) < 4.78 is 20.3. The third-order valence-electron chi connectivity index (χ3n) is 5.72. The van der Waals surface area contributed by atoms with Crippen LogP contribution in [-0.4, -0.2) is 40.8 Å². The molecule has 5 nitrogen and oxygen atoms in total. The highest BCUT2D eigenvalue weighted by Gasteiger charge is 2.31. The molecule has 3 aromatic rings. The van der Waals surface area contributed by atoms with E-state index in [1.165, 1.54) is 17.7 Å². The monoisotopic (exact) mass is 407 g/mol. The van der Waals surface area contributed by atoms with Gasteiger partial charge in [-0.3, -0.25) is 4.79 Å². The standard InChI is InChI=1S/C24H26FN3O2/c1-16(2)23-22(14-26-28(23)20-8-6-19(25)7-9-20)24(29)27-13-12-18(15-27)17-4-10-21(30-3)11-5-17/h4-11,14,16,18H,12-13,15H2,1-3H3. The summed E-state index contributed by atoms with van der Waals surface area (Å²) in [7, 11) is 1.66. The quantitative estimate of drug-likeness (QED) is 0.612. The van der Waals surface area contributed by atoms with Crippen LogP contribution >= 0.6 is 0 Å². The number of rotatable bonds is 5. The van der Waals surface area contributed by atoms with Crippen molar-refractivity contribution in [3.8, 4) is 11.4 Å². The lowest BCUT2D eigenvalue weighted by Crippen LogP contribution is -2.29. The van der Waals surface area contributed by atoms with Gasteiger partial charge in [0, 0.05) is 19.0 Å². The number of benzene rings is 2. The molecule has 6 heteroatoms. The van der Waals surface area contributed by atoms with Crippen molar-refractivity contribution in [2.45, 2.75) is 32.1 Å². The van der Waals surface area contributed by atoms with Crippen LogP contribution in [0.2, 0.25) is 0 Å². The second-order valence-electron chi connectivity index (χ2n) is 8.00. The first kappa shape index (κ1) is 20.1. The number of amides is 1. The van der Waals surface area contributed by atoms with Crippen molar-refractivity contribution < 1.29 is 13.9 Å². The Morgan fingerprint density at radius 3 is 2.47 bits per heavy atom. The van der Waals surface area contributed by atoms with Gasteiger partial charge >= 0.3 is 0 Å². The Morgan fingerprint density at radius 2 is 1.83 bits per heavy atom. The molecule has 4 rings (SSSR count). The van der Waals surface area contributed by atoms with Gasteiger partial charge in [0.25, 0.3) is 5.91 Å². The van der Waals surface area contributed by atoms with E-state index in [0.29, 0.717) is 18.0 Å². The summed E-state index contributed by atoms with van der Waals surface area (Å²) in [5.74, 6) is 0.948. The lowest BCUT2D eigenvalue weighted by molar-refractivity contribution is 0.0789. The summed E-state index contributed by atoms with van der Waals surface area (Å²) in [6.07, 6.45) is 2.57. The van der Waals surface area contributed by atoms with Crippen molar-refractivity contribution in [1.82, 2.24) is 14.7 Å². The van der Waals surface area contributed by atoms with Gasteiger partial charge in [-0.1, -0.05) is 26.0 Å². The number of carbonyl (C=O) groups is 1. The minimum absolute atomic E-state index is 0.00285. The number of carbonyl (C=O) groups excluding carboxylic acids is 1. The number of nitrogens with zero attached hydrogens (tertiary/aromatic N) is 3. The second-order valence-corrected chi connectivity index (χ2v) is 8.00. The third kappa shape index (κ3) is 3.82. The molecule has 1 aliphatic rings. The lowest BCUT2D eigenvalue weighted by Gasteiger charge is -2.19. The van der Waals surface area contributed by atoms with Crippen molar-refractivity contribution >= 4 is 5.91 Å². The summed E-state index contributed by atoms with van der Waals surface area (Å²) in [4.78, 5) is 15.3. The number of halogens is 1. The maximum absolute atomic E-state index is 13.3. The summed E-state index contributed by atoms with van der Waals surface area (Å²) in [6, 6.07) is 14.2. The molecule has 1 fully saturated rings. The van der Waals surface area contributed by atoms with Crippen LogP contribution in [0.5, 0.6) is 5.75 Å². The van der Waals surface area contributed by atoms with Crippen LogP contribution in [0.1, 0.15) is 53.7 Å². The van der Waals surface area contributed by atoms with E-state index in [0.717, 1.165) is 30.1 Å². The zero-order valence-corrected chi connectivity index (χ0v) is 17.5. The molecular weight excluding hydrogens is 381 g/mol. The van der Waals surface area contributed by atoms with Crippen LogP contribution in [-0.2, 0) is 0 Å². The highest BCUT2D eigenvalue weighted by molar-refractivity contribution is 5.95. The topological polar surface area (TPSA) is 47.4 Å². The fourth-order valence-corrected chi connectivity index (χ4v) is 4.13. The number of methoxy groups -OCH3 is 1. The molecule has 0 saturated carbocycles. The molecule has 1 unspecified atom stereocenters. The SMILES string of the molecule is COc1ccc(C2CCN(C(=O)c3cnn(-c4ccc(F)cc4)c3C(C)C)C2)cc1. The van der Waals surface area contributed by atoms with Gasteiger partial charge < -0.3 is 9.64 Å². The molecule has 2 heterocycles.